The van der Waals surface area contributed by atoms with E-state index >= 15 is 0 Å². The predicted molar refractivity (Wildman–Crippen MR) is 134 cm³/mol. The molecule has 0 spiro atoms. The second kappa shape index (κ2) is 9.60. The van der Waals surface area contributed by atoms with Gasteiger partial charge in [0.2, 0.25) is 5.91 Å². The number of halogens is 1. The average molecular weight is 532 g/mol. The highest BCUT2D eigenvalue weighted by atomic mass is 32.2. The number of likely N-dealkylation sites (N-methyl/N-ethyl adjacent to an activating group) is 2. The molecule has 2 aliphatic heterocycles. The Morgan fingerprint density at radius 3 is 2.76 bits per heavy atom. The lowest BCUT2D eigenvalue weighted by atomic mass is 10.0. The predicted octanol–water partition coefficient (Wildman–Crippen LogP) is 2.92. The molecule has 1 aliphatic carbocycles. The molecule has 3 atom stereocenters. The van der Waals surface area contributed by atoms with Gasteiger partial charge >= 0.3 is 5.97 Å². The molecule has 1 amide bonds. The summed E-state index contributed by atoms with van der Waals surface area (Å²) in [4.78, 5) is 28.7. The van der Waals surface area contributed by atoms with Crippen LogP contribution in [0.1, 0.15) is 47.2 Å². The van der Waals surface area contributed by atoms with Crippen LogP contribution in [0.5, 0.6) is 5.75 Å². The Hall–Kier alpha value is -3.18. The van der Waals surface area contributed by atoms with Crippen molar-refractivity contribution in [2.45, 2.75) is 43.0 Å². The molecule has 2 aromatic rings. The second-order valence-corrected chi connectivity index (χ2v) is 11.7. The zero-order chi connectivity index (χ0) is 26.5. The van der Waals surface area contributed by atoms with E-state index in [1.165, 1.54) is 6.07 Å². The van der Waals surface area contributed by atoms with Crippen molar-refractivity contribution in [2.75, 3.05) is 38.0 Å². The molecule has 2 N–H and O–H groups in total. The van der Waals surface area contributed by atoms with Gasteiger partial charge in [0.05, 0.1) is 23.6 Å². The van der Waals surface area contributed by atoms with Crippen molar-refractivity contribution in [1.82, 2.24) is 9.80 Å². The van der Waals surface area contributed by atoms with E-state index in [1.807, 2.05) is 6.92 Å². The van der Waals surface area contributed by atoms with Crippen molar-refractivity contribution in [1.29, 1.82) is 0 Å². The average Bonchev–Trinajstić information content (AvgIpc) is 3.49. The third-order valence-electron chi connectivity index (χ3n) is 7.70. The van der Waals surface area contributed by atoms with Gasteiger partial charge in [-0.1, -0.05) is 13.0 Å². The summed E-state index contributed by atoms with van der Waals surface area (Å²) in [5, 5.41) is 9.88. The van der Waals surface area contributed by atoms with Crippen molar-refractivity contribution >= 4 is 27.6 Å². The van der Waals surface area contributed by atoms with Gasteiger partial charge in [-0.05, 0) is 60.7 Å². The fourth-order valence-electron chi connectivity index (χ4n) is 5.40. The number of nitrogens with one attached hydrogen (secondary N) is 1. The Bertz CT molecular complexity index is 1360. The number of carbonyl (C=O) groups excluding carboxylic acids is 1. The normalized spacial score (nSPS) is 22.5. The topological polar surface area (TPSA) is 116 Å². The summed E-state index contributed by atoms with van der Waals surface area (Å²) < 4.78 is 49.1. The first kappa shape index (κ1) is 25.5. The minimum Gasteiger partial charge on any atom is -0.492 e. The highest BCUT2D eigenvalue weighted by molar-refractivity contribution is 7.92. The molecular weight excluding hydrogens is 501 g/mol. The summed E-state index contributed by atoms with van der Waals surface area (Å²) in [6, 6.07) is 6.25. The molecule has 0 aromatic heterocycles. The maximum atomic E-state index is 14.2. The molecule has 37 heavy (non-hydrogen) atoms. The lowest BCUT2D eigenvalue weighted by Crippen LogP contribution is -2.40. The van der Waals surface area contributed by atoms with Crippen LogP contribution in [-0.4, -0.2) is 74.5 Å². The molecule has 2 fully saturated rings. The minimum atomic E-state index is -4.36. The maximum Gasteiger partial charge on any atom is 0.341 e. The zero-order valence-electron chi connectivity index (χ0n) is 20.7. The van der Waals surface area contributed by atoms with Gasteiger partial charge in [0, 0.05) is 32.1 Å². The molecule has 11 heteroatoms. The van der Waals surface area contributed by atoms with E-state index in [0.717, 1.165) is 56.2 Å². The molecule has 5 rings (SSSR count). The SMILES string of the molecule is CCN1CCC(N(C)C(=O)Cc2cc(F)ccc2S(=O)(=O)Nc2ccc3c(c2C(=O)O)OCC2CC32)C1. The number of hydrogen-bond donors (Lipinski definition) is 2. The summed E-state index contributed by atoms with van der Waals surface area (Å²) in [5.74, 6) is -1.54. The quantitative estimate of drug-likeness (QED) is 0.538. The lowest BCUT2D eigenvalue weighted by Gasteiger charge is -2.25. The van der Waals surface area contributed by atoms with Crippen LogP contribution >= 0.6 is 0 Å². The first-order chi connectivity index (χ1) is 17.6. The smallest absolute Gasteiger partial charge is 0.341 e. The molecule has 198 valence electrons. The summed E-state index contributed by atoms with van der Waals surface area (Å²) >= 11 is 0. The van der Waals surface area contributed by atoms with Gasteiger partial charge in [-0.2, -0.15) is 0 Å². The number of sulfonamides is 1. The van der Waals surface area contributed by atoms with E-state index in [0.29, 0.717) is 12.5 Å². The van der Waals surface area contributed by atoms with Crippen LogP contribution in [-0.2, 0) is 21.2 Å². The van der Waals surface area contributed by atoms with Gasteiger partial charge in [-0.25, -0.2) is 17.6 Å². The number of nitrogens with zero attached hydrogens (tertiary/aromatic N) is 2. The van der Waals surface area contributed by atoms with Crippen LogP contribution < -0.4 is 9.46 Å². The van der Waals surface area contributed by atoms with Gasteiger partial charge < -0.3 is 19.6 Å². The summed E-state index contributed by atoms with van der Waals surface area (Å²) in [6.45, 7) is 4.93. The Morgan fingerprint density at radius 1 is 1.27 bits per heavy atom. The van der Waals surface area contributed by atoms with Crippen LogP contribution in [0.2, 0.25) is 0 Å². The number of fused-ring (bicyclic) bond motifs is 3. The van der Waals surface area contributed by atoms with Crippen molar-refractivity contribution in [2.24, 2.45) is 5.92 Å². The molecule has 1 saturated carbocycles. The number of carboxylic acid groups (broad SMARTS) is 1. The molecule has 0 radical (unpaired) electrons. The number of benzene rings is 2. The van der Waals surface area contributed by atoms with Crippen LogP contribution in [0, 0.1) is 11.7 Å². The number of likely N-dealkylation sites (tertiary alicyclic amines) is 1. The Balaban J connectivity index is 1.42. The second-order valence-electron chi connectivity index (χ2n) is 10.00. The van der Waals surface area contributed by atoms with Crippen LogP contribution in [0.3, 0.4) is 0 Å². The number of rotatable bonds is 8. The number of carboxylic acids is 1. The number of aromatic carboxylic acids is 1. The van der Waals surface area contributed by atoms with Gasteiger partial charge in [0.15, 0.2) is 0 Å². The number of anilines is 1. The number of amides is 1. The van der Waals surface area contributed by atoms with E-state index in [2.05, 4.69) is 9.62 Å². The largest absolute Gasteiger partial charge is 0.492 e. The van der Waals surface area contributed by atoms with Gasteiger partial charge in [-0.3, -0.25) is 9.52 Å². The third kappa shape index (κ3) is 4.89. The number of carbonyl (C=O) groups is 2. The summed E-state index contributed by atoms with van der Waals surface area (Å²) in [5.41, 5.74) is 0.366. The van der Waals surface area contributed by atoms with E-state index in [9.17, 15) is 27.5 Å². The highest BCUT2D eigenvalue weighted by Crippen LogP contribution is 2.55. The van der Waals surface area contributed by atoms with Crippen molar-refractivity contribution < 1.29 is 32.2 Å². The van der Waals surface area contributed by atoms with Crippen molar-refractivity contribution in [3.63, 3.8) is 0 Å². The Kier molecular flexibility index (Phi) is 6.61. The molecule has 3 aliphatic rings. The van der Waals surface area contributed by atoms with Crippen molar-refractivity contribution in [3.8, 4) is 5.75 Å². The molecular formula is C26H30FN3O6S. The monoisotopic (exact) mass is 531 g/mol. The first-order valence-electron chi connectivity index (χ1n) is 12.4. The van der Waals surface area contributed by atoms with E-state index in [-0.39, 0.29) is 51.7 Å². The molecule has 1 saturated heterocycles. The molecule has 9 nitrogen and oxygen atoms in total. The fraction of sp³-hybridized carbons (Fsp3) is 0.462. The molecule has 0 bridgehead atoms. The van der Waals surface area contributed by atoms with Gasteiger partial charge in [-0.15, -0.1) is 0 Å². The van der Waals surface area contributed by atoms with E-state index in [4.69, 9.17) is 4.74 Å². The number of ether oxygens (including phenoxy) is 1. The lowest BCUT2D eigenvalue weighted by molar-refractivity contribution is -0.131. The molecule has 2 heterocycles. The fourth-order valence-corrected chi connectivity index (χ4v) is 6.69. The minimum absolute atomic E-state index is 0.00104. The van der Waals surface area contributed by atoms with Crippen LogP contribution in [0.4, 0.5) is 10.1 Å². The molecule has 3 unspecified atom stereocenters. The van der Waals surface area contributed by atoms with E-state index in [1.54, 1.807) is 18.0 Å². The van der Waals surface area contributed by atoms with Gasteiger partial charge in [0.25, 0.3) is 10.0 Å². The standard InChI is InChI=1S/C26H30FN3O6S/c1-3-30-9-8-18(13-30)29(2)23(31)12-15-10-17(27)4-7-22(15)37(34,35)28-21-6-5-19-20-11-16(20)14-36-25(19)24(21)26(32)33/h4-7,10,16,18,20,28H,3,8-9,11-14H2,1-2H3,(H,32,33). The Morgan fingerprint density at radius 2 is 2.05 bits per heavy atom. The summed E-state index contributed by atoms with van der Waals surface area (Å²) in [7, 11) is -2.69. The van der Waals surface area contributed by atoms with Crippen LogP contribution in [0.15, 0.2) is 35.2 Å². The summed E-state index contributed by atoms with van der Waals surface area (Å²) in [6.07, 6.45) is 1.41. The Labute approximate surface area is 215 Å². The van der Waals surface area contributed by atoms with Gasteiger partial charge in [0.1, 0.15) is 17.1 Å². The molecule has 2 aromatic carbocycles. The van der Waals surface area contributed by atoms with E-state index < -0.39 is 21.8 Å². The zero-order valence-corrected chi connectivity index (χ0v) is 21.6. The number of hydrogen-bond acceptors (Lipinski definition) is 6. The highest BCUT2D eigenvalue weighted by Gasteiger charge is 2.45. The van der Waals surface area contributed by atoms with Crippen LogP contribution in [0.25, 0.3) is 0 Å². The maximum absolute atomic E-state index is 14.2. The van der Waals surface area contributed by atoms with Crippen molar-refractivity contribution in [3.05, 3.63) is 52.8 Å². The first-order valence-corrected chi connectivity index (χ1v) is 13.9. The third-order valence-corrected chi connectivity index (χ3v) is 9.17.